The van der Waals surface area contributed by atoms with Crippen LogP contribution >= 0.6 is 0 Å². The van der Waals surface area contributed by atoms with Gasteiger partial charge in [-0.15, -0.1) is 0 Å². The molecule has 1 aromatic carbocycles. The summed E-state index contributed by atoms with van der Waals surface area (Å²) in [6.07, 6.45) is 3.27. The van der Waals surface area contributed by atoms with Crippen molar-refractivity contribution in [3.8, 4) is 0 Å². The van der Waals surface area contributed by atoms with Crippen molar-refractivity contribution < 1.29 is 19.4 Å². The SMILES string of the molecule is CCOC(=O)C(Cc1ccccc1)(Cc1cccnc1)C(=O)O. The minimum atomic E-state index is -1.67. The molecule has 0 amide bonds. The quantitative estimate of drug-likeness (QED) is 0.628. The second-order valence-electron chi connectivity index (χ2n) is 5.31. The minimum Gasteiger partial charge on any atom is -0.480 e. The van der Waals surface area contributed by atoms with Crippen molar-refractivity contribution in [2.24, 2.45) is 5.41 Å². The van der Waals surface area contributed by atoms with Gasteiger partial charge in [0.1, 0.15) is 0 Å². The van der Waals surface area contributed by atoms with Crippen molar-refractivity contribution in [3.05, 3.63) is 66.0 Å². The van der Waals surface area contributed by atoms with Gasteiger partial charge in [0.2, 0.25) is 0 Å². The number of nitrogens with zero attached hydrogens (tertiary/aromatic N) is 1. The first-order chi connectivity index (χ1) is 11.1. The topological polar surface area (TPSA) is 76.5 Å². The molecule has 1 atom stereocenters. The lowest BCUT2D eigenvalue weighted by Crippen LogP contribution is -2.44. The van der Waals surface area contributed by atoms with Crippen molar-refractivity contribution in [3.63, 3.8) is 0 Å². The third-order valence-corrected chi connectivity index (χ3v) is 3.65. The lowest BCUT2D eigenvalue weighted by atomic mass is 9.76. The maximum Gasteiger partial charge on any atom is 0.324 e. The van der Waals surface area contributed by atoms with Gasteiger partial charge >= 0.3 is 11.9 Å². The zero-order valence-electron chi connectivity index (χ0n) is 12.9. The number of carbonyl (C=O) groups excluding carboxylic acids is 1. The Bertz CT molecular complexity index is 614. The number of rotatable bonds is 7. The molecule has 0 spiro atoms. The van der Waals surface area contributed by atoms with Crippen LogP contribution in [0.25, 0.3) is 0 Å². The fourth-order valence-electron chi connectivity index (χ4n) is 2.51. The zero-order valence-corrected chi connectivity index (χ0v) is 12.9. The number of carboxylic acids is 1. The van der Waals surface area contributed by atoms with Crippen molar-refractivity contribution in [1.82, 2.24) is 4.98 Å². The highest BCUT2D eigenvalue weighted by molar-refractivity contribution is 5.99. The van der Waals surface area contributed by atoms with Gasteiger partial charge in [-0.05, 0) is 30.5 Å². The van der Waals surface area contributed by atoms with E-state index in [1.807, 2.05) is 18.2 Å². The van der Waals surface area contributed by atoms with Gasteiger partial charge in [-0.2, -0.15) is 0 Å². The van der Waals surface area contributed by atoms with E-state index in [1.54, 1.807) is 43.6 Å². The highest BCUT2D eigenvalue weighted by Crippen LogP contribution is 2.30. The van der Waals surface area contributed by atoms with Gasteiger partial charge in [0.15, 0.2) is 5.41 Å². The molecule has 1 aromatic heterocycles. The second kappa shape index (κ2) is 7.54. The number of hydrogen-bond donors (Lipinski definition) is 1. The van der Waals surface area contributed by atoms with Crippen molar-refractivity contribution in [2.45, 2.75) is 19.8 Å². The monoisotopic (exact) mass is 313 g/mol. The Labute approximate surface area is 134 Å². The lowest BCUT2D eigenvalue weighted by Gasteiger charge is -2.27. The van der Waals surface area contributed by atoms with E-state index in [-0.39, 0.29) is 19.4 Å². The smallest absolute Gasteiger partial charge is 0.324 e. The van der Waals surface area contributed by atoms with E-state index in [4.69, 9.17) is 4.74 Å². The molecule has 0 saturated carbocycles. The second-order valence-corrected chi connectivity index (χ2v) is 5.31. The van der Waals surface area contributed by atoms with Crippen LogP contribution in [-0.2, 0) is 27.2 Å². The molecule has 120 valence electrons. The number of benzene rings is 1. The van der Waals surface area contributed by atoms with Crippen molar-refractivity contribution >= 4 is 11.9 Å². The van der Waals surface area contributed by atoms with Gasteiger partial charge in [0, 0.05) is 18.8 Å². The Morgan fingerprint density at radius 1 is 1.09 bits per heavy atom. The number of hydrogen-bond acceptors (Lipinski definition) is 4. The Balaban J connectivity index is 2.42. The summed E-state index contributed by atoms with van der Waals surface area (Å²) in [5.41, 5.74) is -0.217. The van der Waals surface area contributed by atoms with Crippen LogP contribution < -0.4 is 0 Å². The number of esters is 1. The van der Waals surface area contributed by atoms with E-state index in [0.29, 0.717) is 5.56 Å². The van der Waals surface area contributed by atoms with E-state index >= 15 is 0 Å². The molecule has 0 aliphatic carbocycles. The van der Waals surface area contributed by atoms with Crippen molar-refractivity contribution in [1.29, 1.82) is 0 Å². The largest absolute Gasteiger partial charge is 0.480 e. The molecule has 2 rings (SSSR count). The summed E-state index contributed by atoms with van der Waals surface area (Å²) in [6, 6.07) is 12.6. The summed E-state index contributed by atoms with van der Waals surface area (Å²) in [4.78, 5) is 28.5. The number of carbonyl (C=O) groups is 2. The van der Waals surface area contributed by atoms with Crippen LogP contribution in [0.5, 0.6) is 0 Å². The summed E-state index contributed by atoms with van der Waals surface area (Å²) < 4.78 is 5.07. The zero-order chi connectivity index (χ0) is 16.7. The lowest BCUT2D eigenvalue weighted by molar-refractivity contribution is -0.168. The van der Waals surface area contributed by atoms with Crippen LogP contribution in [-0.4, -0.2) is 28.6 Å². The molecule has 2 aromatic rings. The number of aromatic nitrogens is 1. The standard InChI is InChI=1S/C18H19NO4/c1-2-23-17(22)18(16(20)21,11-14-7-4-3-5-8-14)12-15-9-6-10-19-13-15/h3-10,13H,2,11-12H2,1H3,(H,20,21). The predicted octanol–water partition coefficient (Wildman–Crippen LogP) is 2.50. The van der Waals surface area contributed by atoms with Crippen LogP contribution in [0.4, 0.5) is 0 Å². The molecule has 1 heterocycles. The molecular formula is C18H19NO4. The molecule has 1 N–H and O–H groups in total. The Morgan fingerprint density at radius 2 is 1.74 bits per heavy atom. The Morgan fingerprint density at radius 3 is 2.30 bits per heavy atom. The van der Waals surface area contributed by atoms with E-state index in [2.05, 4.69) is 4.98 Å². The van der Waals surface area contributed by atoms with Gasteiger partial charge in [0.25, 0.3) is 0 Å². The van der Waals surface area contributed by atoms with Gasteiger partial charge in [0.05, 0.1) is 6.61 Å². The summed E-state index contributed by atoms with van der Waals surface area (Å²) in [5.74, 6) is -1.91. The highest BCUT2D eigenvalue weighted by Gasteiger charge is 2.47. The highest BCUT2D eigenvalue weighted by atomic mass is 16.5. The molecule has 5 nitrogen and oxygen atoms in total. The van der Waals surface area contributed by atoms with Crippen LogP contribution in [0.2, 0.25) is 0 Å². The maximum absolute atomic E-state index is 12.5. The maximum atomic E-state index is 12.5. The number of pyridine rings is 1. The molecular weight excluding hydrogens is 294 g/mol. The van der Waals surface area contributed by atoms with Crippen LogP contribution in [0.3, 0.4) is 0 Å². The fourth-order valence-corrected chi connectivity index (χ4v) is 2.51. The average Bonchev–Trinajstić information content (AvgIpc) is 2.56. The normalized spacial score (nSPS) is 13.1. The predicted molar refractivity (Wildman–Crippen MR) is 84.8 cm³/mol. The Kier molecular flexibility index (Phi) is 5.46. The summed E-state index contributed by atoms with van der Waals surface area (Å²) in [7, 11) is 0. The van der Waals surface area contributed by atoms with Crippen LogP contribution in [0.15, 0.2) is 54.9 Å². The molecule has 5 heteroatoms. The van der Waals surface area contributed by atoms with Gasteiger partial charge in [-0.1, -0.05) is 36.4 Å². The first kappa shape index (κ1) is 16.7. The first-order valence-electron chi connectivity index (χ1n) is 7.42. The van der Waals surface area contributed by atoms with Crippen LogP contribution in [0, 0.1) is 5.41 Å². The number of aliphatic carboxylic acids is 1. The molecule has 0 fully saturated rings. The average molecular weight is 313 g/mol. The summed E-state index contributed by atoms with van der Waals surface area (Å²) >= 11 is 0. The summed E-state index contributed by atoms with van der Waals surface area (Å²) in [6.45, 7) is 1.80. The number of carboxylic acid groups (broad SMARTS) is 1. The minimum absolute atomic E-state index is 0.0316. The van der Waals surface area contributed by atoms with Crippen LogP contribution in [0.1, 0.15) is 18.1 Å². The molecule has 0 bridgehead atoms. The van der Waals surface area contributed by atoms with Gasteiger partial charge in [-0.3, -0.25) is 14.6 Å². The van der Waals surface area contributed by atoms with E-state index in [9.17, 15) is 14.7 Å². The van der Waals surface area contributed by atoms with Crippen molar-refractivity contribution in [2.75, 3.05) is 6.61 Å². The molecule has 1 unspecified atom stereocenters. The Hall–Kier alpha value is -2.69. The van der Waals surface area contributed by atoms with E-state index in [1.165, 1.54) is 0 Å². The van der Waals surface area contributed by atoms with E-state index < -0.39 is 17.4 Å². The van der Waals surface area contributed by atoms with Gasteiger partial charge in [-0.25, -0.2) is 0 Å². The molecule has 0 aliphatic rings. The van der Waals surface area contributed by atoms with Gasteiger partial charge < -0.3 is 9.84 Å². The molecule has 0 saturated heterocycles. The third-order valence-electron chi connectivity index (χ3n) is 3.65. The molecule has 0 aliphatic heterocycles. The van der Waals surface area contributed by atoms with E-state index in [0.717, 1.165) is 5.56 Å². The fraction of sp³-hybridized carbons (Fsp3) is 0.278. The third kappa shape index (κ3) is 3.94. The molecule has 23 heavy (non-hydrogen) atoms. The number of ether oxygens (including phenoxy) is 1. The molecule has 0 radical (unpaired) electrons. The summed E-state index contributed by atoms with van der Waals surface area (Å²) in [5, 5.41) is 9.82. The first-order valence-corrected chi connectivity index (χ1v) is 7.42.